The number of methoxy groups -OCH3 is 1. The molecule has 1 N–H and O–H groups in total. The lowest BCUT2D eigenvalue weighted by Gasteiger charge is -2.17. The number of nitrogens with one attached hydrogen (secondary N) is 1. The third kappa shape index (κ3) is 7.30. The van der Waals surface area contributed by atoms with E-state index in [-0.39, 0.29) is 6.10 Å². The lowest BCUT2D eigenvalue weighted by Crippen LogP contribution is -2.17. The summed E-state index contributed by atoms with van der Waals surface area (Å²) in [7, 11) is 1.68. The van der Waals surface area contributed by atoms with Gasteiger partial charge >= 0.3 is 0 Å². The number of ether oxygens (including phenoxy) is 2. The maximum absolute atomic E-state index is 5.78. The van der Waals surface area contributed by atoms with Crippen LogP contribution in [0.2, 0.25) is 0 Å². The van der Waals surface area contributed by atoms with Crippen molar-refractivity contribution in [2.24, 2.45) is 5.92 Å². The second-order valence-electron chi connectivity index (χ2n) is 7.80. The van der Waals surface area contributed by atoms with E-state index in [9.17, 15) is 0 Å². The fourth-order valence-corrected chi connectivity index (χ4v) is 3.17. The summed E-state index contributed by atoms with van der Waals surface area (Å²) >= 11 is 0. The first kappa shape index (κ1) is 21.4. The highest BCUT2D eigenvalue weighted by Gasteiger charge is 2.15. The zero-order valence-electron chi connectivity index (χ0n) is 17.5. The molecule has 27 heavy (non-hydrogen) atoms. The van der Waals surface area contributed by atoms with Gasteiger partial charge in [-0.05, 0) is 69.0 Å². The molecule has 0 saturated heterocycles. The molecule has 0 aliphatic rings. The third-order valence-electron chi connectivity index (χ3n) is 4.63. The normalized spacial score (nSPS) is 12.6. The van der Waals surface area contributed by atoms with Crippen LogP contribution in [0.1, 0.15) is 64.2 Å². The maximum Gasteiger partial charge on any atom is 0.161 e. The van der Waals surface area contributed by atoms with Crippen molar-refractivity contribution in [1.82, 2.24) is 5.32 Å². The smallest absolute Gasteiger partial charge is 0.161 e. The lowest BCUT2D eigenvalue weighted by atomic mass is 9.93. The van der Waals surface area contributed by atoms with Gasteiger partial charge in [0.05, 0.1) is 19.5 Å². The zero-order chi connectivity index (χ0) is 19.6. The largest absolute Gasteiger partial charge is 0.493 e. The average molecular weight is 374 g/mol. The molecule has 0 amide bonds. The van der Waals surface area contributed by atoms with E-state index in [1.807, 2.05) is 32.0 Å². The zero-order valence-corrected chi connectivity index (χ0v) is 17.5. The van der Waals surface area contributed by atoms with Crippen molar-refractivity contribution in [3.05, 3.63) is 47.9 Å². The van der Waals surface area contributed by atoms with E-state index in [2.05, 4.69) is 31.3 Å². The molecule has 1 heterocycles. The van der Waals surface area contributed by atoms with E-state index in [1.165, 1.54) is 18.4 Å². The quantitative estimate of drug-likeness (QED) is 0.479. The van der Waals surface area contributed by atoms with Crippen LogP contribution < -0.4 is 14.8 Å². The highest BCUT2D eigenvalue weighted by Crippen LogP contribution is 2.29. The number of hydrogen-bond acceptors (Lipinski definition) is 4. The van der Waals surface area contributed by atoms with Gasteiger partial charge in [0.25, 0.3) is 0 Å². The average Bonchev–Trinajstić information content (AvgIpc) is 3.16. The summed E-state index contributed by atoms with van der Waals surface area (Å²) in [6.07, 6.45) is 5.37. The van der Waals surface area contributed by atoms with Crippen LogP contribution in [0.4, 0.5) is 0 Å². The Balaban J connectivity index is 1.85. The Kier molecular flexibility index (Phi) is 8.73. The summed E-state index contributed by atoms with van der Waals surface area (Å²) in [6.45, 7) is 10.4. The molecule has 0 unspecified atom stereocenters. The molecule has 150 valence electrons. The molecule has 0 spiro atoms. The second kappa shape index (κ2) is 11.0. The minimum Gasteiger partial charge on any atom is -0.493 e. The van der Waals surface area contributed by atoms with Crippen molar-refractivity contribution in [3.8, 4) is 11.5 Å². The number of hydrogen-bond donors (Lipinski definition) is 1. The van der Waals surface area contributed by atoms with Gasteiger partial charge in [0.2, 0.25) is 0 Å². The van der Waals surface area contributed by atoms with Gasteiger partial charge in [0, 0.05) is 12.5 Å². The van der Waals surface area contributed by atoms with Crippen LogP contribution >= 0.6 is 0 Å². The first-order valence-corrected chi connectivity index (χ1v) is 10.1. The summed E-state index contributed by atoms with van der Waals surface area (Å²) in [5.74, 6) is 3.88. The van der Waals surface area contributed by atoms with E-state index in [0.717, 1.165) is 42.7 Å². The van der Waals surface area contributed by atoms with Gasteiger partial charge in [-0.15, -0.1) is 0 Å². The van der Waals surface area contributed by atoms with Crippen molar-refractivity contribution in [2.75, 3.05) is 13.7 Å². The Morgan fingerprint density at radius 1 is 1.00 bits per heavy atom. The van der Waals surface area contributed by atoms with Crippen molar-refractivity contribution >= 4 is 0 Å². The van der Waals surface area contributed by atoms with Gasteiger partial charge < -0.3 is 19.2 Å². The fourth-order valence-electron chi connectivity index (χ4n) is 3.17. The molecule has 4 nitrogen and oxygen atoms in total. The van der Waals surface area contributed by atoms with Crippen molar-refractivity contribution < 1.29 is 13.9 Å². The second-order valence-corrected chi connectivity index (χ2v) is 7.80. The molecule has 4 heteroatoms. The summed E-state index contributed by atoms with van der Waals surface area (Å²) in [4.78, 5) is 0. The molecule has 0 aliphatic carbocycles. The molecule has 1 aromatic carbocycles. The molecular formula is C23H35NO3. The van der Waals surface area contributed by atoms with E-state index in [4.69, 9.17) is 13.9 Å². The Morgan fingerprint density at radius 2 is 1.81 bits per heavy atom. The summed E-state index contributed by atoms with van der Waals surface area (Å²) in [5, 5.41) is 3.56. The predicted molar refractivity (Wildman–Crippen MR) is 111 cm³/mol. The van der Waals surface area contributed by atoms with Crippen LogP contribution in [0.3, 0.4) is 0 Å². The highest BCUT2D eigenvalue weighted by atomic mass is 16.5. The predicted octanol–water partition coefficient (Wildman–Crippen LogP) is 5.78. The van der Waals surface area contributed by atoms with Gasteiger partial charge in [-0.25, -0.2) is 0 Å². The van der Waals surface area contributed by atoms with E-state index >= 15 is 0 Å². The van der Waals surface area contributed by atoms with Crippen LogP contribution in [0.25, 0.3) is 0 Å². The van der Waals surface area contributed by atoms with Crippen LogP contribution in [0.5, 0.6) is 11.5 Å². The molecule has 2 rings (SSSR count). The standard InChI is InChI=1S/C23H35NO3/c1-17(2)8-10-20(21-7-6-14-26-21)12-13-24-16-19-9-11-22(27-18(3)4)23(15-19)25-5/h6-7,9,11,14-15,17-18,20,24H,8,10,12-13,16H2,1-5H3/t20-/m0/s1. The number of furan rings is 1. The monoisotopic (exact) mass is 373 g/mol. The minimum atomic E-state index is 0.132. The Bertz CT molecular complexity index is 650. The van der Waals surface area contributed by atoms with Gasteiger partial charge in [-0.3, -0.25) is 0 Å². The van der Waals surface area contributed by atoms with E-state index < -0.39 is 0 Å². The Labute approximate surface area is 164 Å². The topological polar surface area (TPSA) is 43.6 Å². The Hall–Kier alpha value is -1.94. The lowest BCUT2D eigenvalue weighted by molar-refractivity contribution is 0.230. The van der Waals surface area contributed by atoms with Crippen molar-refractivity contribution in [3.63, 3.8) is 0 Å². The molecule has 2 aromatic rings. The fraction of sp³-hybridized carbons (Fsp3) is 0.565. The number of rotatable bonds is 12. The molecule has 1 aromatic heterocycles. The van der Waals surface area contributed by atoms with Crippen LogP contribution in [0, 0.1) is 5.92 Å². The SMILES string of the molecule is COc1cc(CNCC[C@H](CCC(C)C)c2ccco2)ccc1OC(C)C. The van der Waals surface area contributed by atoms with Gasteiger partial charge in [-0.2, -0.15) is 0 Å². The molecule has 0 radical (unpaired) electrons. The molecule has 1 atom stereocenters. The van der Waals surface area contributed by atoms with Gasteiger partial charge in [0.15, 0.2) is 11.5 Å². The molecule has 0 aliphatic heterocycles. The van der Waals surface area contributed by atoms with E-state index in [1.54, 1.807) is 13.4 Å². The first-order chi connectivity index (χ1) is 13.0. The minimum absolute atomic E-state index is 0.132. The number of benzene rings is 1. The molecule has 0 bridgehead atoms. The highest BCUT2D eigenvalue weighted by molar-refractivity contribution is 5.43. The third-order valence-corrected chi connectivity index (χ3v) is 4.63. The first-order valence-electron chi connectivity index (χ1n) is 10.1. The van der Waals surface area contributed by atoms with Crippen molar-refractivity contribution in [1.29, 1.82) is 0 Å². The van der Waals surface area contributed by atoms with Crippen LogP contribution in [-0.4, -0.2) is 19.8 Å². The van der Waals surface area contributed by atoms with E-state index in [0.29, 0.717) is 5.92 Å². The summed E-state index contributed by atoms with van der Waals surface area (Å²) in [5.41, 5.74) is 1.19. The molecule has 0 fully saturated rings. The Morgan fingerprint density at radius 3 is 2.44 bits per heavy atom. The maximum atomic E-state index is 5.78. The molecular weight excluding hydrogens is 338 g/mol. The van der Waals surface area contributed by atoms with Crippen LogP contribution in [0.15, 0.2) is 41.0 Å². The van der Waals surface area contributed by atoms with Crippen molar-refractivity contribution in [2.45, 2.75) is 65.5 Å². The van der Waals surface area contributed by atoms with Gasteiger partial charge in [0.1, 0.15) is 5.76 Å². The molecule has 0 saturated carbocycles. The van der Waals surface area contributed by atoms with Crippen LogP contribution in [-0.2, 0) is 6.54 Å². The summed E-state index contributed by atoms with van der Waals surface area (Å²) in [6, 6.07) is 10.2. The van der Waals surface area contributed by atoms with Gasteiger partial charge in [-0.1, -0.05) is 26.3 Å². The summed E-state index contributed by atoms with van der Waals surface area (Å²) < 4.78 is 16.9.